The van der Waals surface area contributed by atoms with Crippen molar-refractivity contribution >= 4 is 0 Å². The third kappa shape index (κ3) is 4.35. The third-order valence-corrected chi connectivity index (χ3v) is 3.24. The van der Waals surface area contributed by atoms with E-state index in [1.54, 1.807) is 0 Å². The fourth-order valence-corrected chi connectivity index (χ4v) is 2.49. The molecule has 0 atom stereocenters. The standard InChI is InChI=1S/C13H26N2/c1-4-9-15(10-11(2)3)13-7-5-12(14)6-8-13/h12-13H,2,4-10,14H2,1,3H3. The van der Waals surface area contributed by atoms with Gasteiger partial charge in [-0.1, -0.05) is 19.1 Å². The van der Waals surface area contributed by atoms with Crippen LogP contribution in [0.2, 0.25) is 0 Å². The van der Waals surface area contributed by atoms with E-state index in [-0.39, 0.29) is 0 Å². The van der Waals surface area contributed by atoms with Gasteiger partial charge in [0, 0.05) is 18.6 Å². The van der Waals surface area contributed by atoms with Crippen LogP contribution in [0.5, 0.6) is 0 Å². The molecule has 1 rings (SSSR count). The van der Waals surface area contributed by atoms with Crippen LogP contribution in [0.15, 0.2) is 12.2 Å². The molecule has 0 saturated heterocycles. The molecule has 0 heterocycles. The summed E-state index contributed by atoms with van der Waals surface area (Å²) in [5, 5.41) is 0. The summed E-state index contributed by atoms with van der Waals surface area (Å²) in [6.45, 7) is 10.7. The highest BCUT2D eigenvalue weighted by molar-refractivity contribution is 4.94. The summed E-state index contributed by atoms with van der Waals surface area (Å²) < 4.78 is 0. The minimum Gasteiger partial charge on any atom is -0.328 e. The van der Waals surface area contributed by atoms with Crippen molar-refractivity contribution in [2.24, 2.45) is 5.73 Å². The topological polar surface area (TPSA) is 29.3 Å². The Balaban J connectivity index is 2.44. The predicted molar refractivity (Wildman–Crippen MR) is 66.9 cm³/mol. The smallest absolute Gasteiger partial charge is 0.0190 e. The number of rotatable bonds is 5. The minimum absolute atomic E-state index is 0.453. The minimum atomic E-state index is 0.453. The first-order valence-corrected chi connectivity index (χ1v) is 6.27. The van der Waals surface area contributed by atoms with E-state index in [0.717, 1.165) is 12.6 Å². The van der Waals surface area contributed by atoms with Crippen LogP contribution < -0.4 is 5.73 Å². The van der Waals surface area contributed by atoms with Crippen LogP contribution >= 0.6 is 0 Å². The zero-order chi connectivity index (χ0) is 11.3. The SMILES string of the molecule is C=C(C)CN(CCC)C1CCC(N)CC1. The molecule has 0 unspecified atom stereocenters. The monoisotopic (exact) mass is 210 g/mol. The van der Waals surface area contributed by atoms with Crippen molar-refractivity contribution in [3.63, 3.8) is 0 Å². The maximum Gasteiger partial charge on any atom is 0.0190 e. The number of nitrogens with two attached hydrogens (primary N) is 1. The van der Waals surface area contributed by atoms with E-state index in [9.17, 15) is 0 Å². The molecule has 88 valence electrons. The maximum atomic E-state index is 5.94. The average Bonchev–Trinajstić information content (AvgIpc) is 2.17. The van der Waals surface area contributed by atoms with E-state index in [1.165, 1.54) is 44.2 Å². The fraction of sp³-hybridized carbons (Fsp3) is 0.846. The highest BCUT2D eigenvalue weighted by atomic mass is 15.2. The first-order chi connectivity index (χ1) is 7.13. The van der Waals surface area contributed by atoms with E-state index in [1.807, 2.05) is 0 Å². The van der Waals surface area contributed by atoms with Gasteiger partial charge in [-0.05, 0) is 45.6 Å². The van der Waals surface area contributed by atoms with E-state index < -0.39 is 0 Å². The molecule has 15 heavy (non-hydrogen) atoms. The van der Waals surface area contributed by atoms with Gasteiger partial charge >= 0.3 is 0 Å². The first kappa shape index (κ1) is 12.7. The lowest BCUT2D eigenvalue weighted by molar-refractivity contribution is 0.162. The van der Waals surface area contributed by atoms with Crippen LogP contribution in [-0.4, -0.2) is 30.1 Å². The lowest BCUT2D eigenvalue weighted by Gasteiger charge is -2.36. The molecule has 1 aliphatic carbocycles. The van der Waals surface area contributed by atoms with E-state index >= 15 is 0 Å². The van der Waals surface area contributed by atoms with Crippen molar-refractivity contribution in [3.8, 4) is 0 Å². The molecule has 0 aliphatic heterocycles. The lowest BCUT2D eigenvalue weighted by Crippen LogP contribution is -2.41. The molecule has 0 radical (unpaired) electrons. The molecule has 1 aliphatic rings. The van der Waals surface area contributed by atoms with E-state index in [0.29, 0.717) is 6.04 Å². The van der Waals surface area contributed by atoms with Gasteiger partial charge < -0.3 is 5.73 Å². The van der Waals surface area contributed by atoms with Crippen molar-refractivity contribution < 1.29 is 0 Å². The molecule has 0 spiro atoms. The molecule has 0 aromatic heterocycles. The molecule has 0 bridgehead atoms. The van der Waals surface area contributed by atoms with Gasteiger partial charge in [-0.15, -0.1) is 0 Å². The Morgan fingerprint density at radius 2 is 1.93 bits per heavy atom. The summed E-state index contributed by atoms with van der Waals surface area (Å²) in [4.78, 5) is 2.59. The molecule has 0 aromatic carbocycles. The molecule has 1 fully saturated rings. The Labute approximate surface area is 94.5 Å². The second-order valence-corrected chi connectivity index (χ2v) is 5.00. The second kappa shape index (κ2) is 6.29. The fourth-order valence-electron chi connectivity index (χ4n) is 2.49. The quantitative estimate of drug-likeness (QED) is 0.707. The predicted octanol–water partition coefficient (Wildman–Crippen LogP) is 2.54. The van der Waals surface area contributed by atoms with Gasteiger partial charge in [0.05, 0.1) is 0 Å². The van der Waals surface area contributed by atoms with Crippen molar-refractivity contribution in [3.05, 3.63) is 12.2 Å². The summed E-state index contributed by atoms with van der Waals surface area (Å²) in [6.07, 6.45) is 6.17. The van der Waals surface area contributed by atoms with Crippen LogP contribution in [0.1, 0.15) is 46.0 Å². The Morgan fingerprint density at radius 1 is 1.33 bits per heavy atom. The van der Waals surface area contributed by atoms with E-state index in [2.05, 4.69) is 25.3 Å². The van der Waals surface area contributed by atoms with Crippen molar-refractivity contribution in [1.82, 2.24) is 4.90 Å². The summed E-state index contributed by atoms with van der Waals surface area (Å²) in [5.41, 5.74) is 7.21. The van der Waals surface area contributed by atoms with Gasteiger partial charge in [0.15, 0.2) is 0 Å². The van der Waals surface area contributed by atoms with Crippen LogP contribution in [0, 0.1) is 0 Å². The largest absolute Gasteiger partial charge is 0.328 e. The van der Waals surface area contributed by atoms with Gasteiger partial charge in [0.2, 0.25) is 0 Å². The number of nitrogens with zero attached hydrogens (tertiary/aromatic N) is 1. The Kier molecular flexibility index (Phi) is 5.34. The van der Waals surface area contributed by atoms with Crippen LogP contribution in [-0.2, 0) is 0 Å². The van der Waals surface area contributed by atoms with Gasteiger partial charge in [-0.2, -0.15) is 0 Å². The number of hydrogen-bond donors (Lipinski definition) is 1. The van der Waals surface area contributed by atoms with Crippen molar-refractivity contribution in [1.29, 1.82) is 0 Å². The highest BCUT2D eigenvalue weighted by Crippen LogP contribution is 2.22. The van der Waals surface area contributed by atoms with Gasteiger partial charge in [-0.25, -0.2) is 0 Å². The zero-order valence-corrected chi connectivity index (χ0v) is 10.3. The lowest BCUT2D eigenvalue weighted by atomic mass is 9.90. The molecule has 0 aromatic rings. The molecular formula is C13H26N2. The van der Waals surface area contributed by atoms with Crippen LogP contribution in [0.3, 0.4) is 0 Å². The molecule has 0 amide bonds. The number of hydrogen-bond acceptors (Lipinski definition) is 2. The molecule has 2 nitrogen and oxygen atoms in total. The molecule has 2 heteroatoms. The van der Waals surface area contributed by atoms with Crippen molar-refractivity contribution in [2.75, 3.05) is 13.1 Å². The van der Waals surface area contributed by atoms with Crippen molar-refractivity contribution in [2.45, 2.75) is 58.0 Å². The molecule has 2 N–H and O–H groups in total. The summed E-state index contributed by atoms with van der Waals surface area (Å²) in [6, 6.07) is 1.20. The summed E-state index contributed by atoms with van der Waals surface area (Å²) in [5.74, 6) is 0. The van der Waals surface area contributed by atoms with Crippen LogP contribution in [0.25, 0.3) is 0 Å². The van der Waals surface area contributed by atoms with Gasteiger partial charge in [0.1, 0.15) is 0 Å². The Morgan fingerprint density at radius 3 is 2.40 bits per heavy atom. The van der Waals surface area contributed by atoms with Gasteiger partial charge in [-0.3, -0.25) is 4.90 Å². The Hall–Kier alpha value is -0.340. The summed E-state index contributed by atoms with van der Waals surface area (Å²) >= 11 is 0. The second-order valence-electron chi connectivity index (χ2n) is 5.00. The maximum absolute atomic E-state index is 5.94. The molecular weight excluding hydrogens is 184 g/mol. The van der Waals surface area contributed by atoms with Gasteiger partial charge in [0.25, 0.3) is 0 Å². The highest BCUT2D eigenvalue weighted by Gasteiger charge is 2.23. The first-order valence-electron chi connectivity index (χ1n) is 6.27. The van der Waals surface area contributed by atoms with Crippen LogP contribution in [0.4, 0.5) is 0 Å². The summed E-state index contributed by atoms with van der Waals surface area (Å²) in [7, 11) is 0. The average molecular weight is 210 g/mol. The normalized spacial score (nSPS) is 26.9. The molecule has 1 saturated carbocycles. The van der Waals surface area contributed by atoms with E-state index in [4.69, 9.17) is 5.73 Å². The third-order valence-electron chi connectivity index (χ3n) is 3.24. The zero-order valence-electron chi connectivity index (χ0n) is 10.3. The Bertz CT molecular complexity index is 193.